The van der Waals surface area contributed by atoms with Crippen LogP contribution < -0.4 is 5.32 Å². The molecule has 0 saturated carbocycles. The van der Waals surface area contributed by atoms with Gasteiger partial charge in [0.1, 0.15) is 6.04 Å². The van der Waals surface area contributed by atoms with Gasteiger partial charge in [0.25, 0.3) is 0 Å². The normalized spacial score (nSPS) is 19.2. The van der Waals surface area contributed by atoms with E-state index in [4.69, 9.17) is 0 Å². The molecule has 0 aliphatic carbocycles. The smallest absolute Gasteiger partial charge is 0.243 e. The maximum atomic E-state index is 13.0. The van der Waals surface area contributed by atoms with E-state index in [1.807, 2.05) is 44.2 Å². The Morgan fingerprint density at radius 2 is 1.77 bits per heavy atom. The van der Waals surface area contributed by atoms with Crippen molar-refractivity contribution in [3.63, 3.8) is 0 Å². The molecule has 0 bridgehead atoms. The number of nitrogens with one attached hydrogen (secondary N) is 1. The minimum atomic E-state index is -3.68. The van der Waals surface area contributed by atoms with Crippen LogP contribution in [-0.4, -0.2) is 31.2 Å². The molecule has 2 atom stereocenters. The minimum absolute atomic E-state index is 0.173. The fraction of sp³-hybridized carbons (Fsp3) is 0.350. The molecule has 26 heavy (non-hydrogen) atoms. The largest absolute Gasteiger partial charge is 0.348 e. The lowest BCUT2D eigenvalue weighted by Crippen LogP contribution is -2.46. The van der Waals surface area contributed by atoms with Crippen molar-refractivity contribution < 1.29 is 13.2 Å². The van der Waals surface area contributed by atoms with Crippen LogP contribution in [0.4, 0.5) is 0 Å². The van der Waals surface area contributed by atoms with E-state index in [9.17, 15) is 13.2 Å². The lowest BCUT2D eigenvalue weighted by atomic mass is 10.1. The molecule has 1 N–H and O–H groups in total. The molecule has 1 fully saturated rings. The first-order valence-corrected chi connectivity index (χ1v) is 10.3. The monoisotopic (exact) mass is 372 g/mol. The van der Waals surface area contributed by atoms with E-state index in [-0.39, 0.29) is 16.8 Å². The van der Waals surface area contributed by atoms with Gasteiger partial charge in [0.05, 0.1) is 10.9 Å². The van der Waals surface area contributed by atoms with Gasteiger partial charge in [-0.1, -0.05) is 48.0 Å². The van der Waals surface area contributed by atoms with Crippen molar-refractivity contribution in [2.75, 3.05) is 6.54 Å². The maximum Gasteiger partial charge on any atom is 0.243 e. The van der Waals surface area contributed by atoms with Gasteiger partial charge in [-0.05, 0) is 44.4 Å². The molecule has 1 amide bonds. The number of hydrogen-bond acceptors (Lipinski definition) is 3. The van der Waals surface area contributed by atoms with Crippen molar-refractivity contribution in [2.45, 2.75) is 43.7 Å². The Morgan fingerprint density at radius 1 is 1.12 bits per heavy atom. The number of benzene rings is 2. The number of hydrogen-bond donors (Lipinski definition) is 1. The predicted molar refractivity (Wildman–Crippen MR) is 101 cm³/mol. The topological polar surface area (TPSA) is 66.5 Å². The van der Waals surface area contributed by atoms with E-state index in [0.717, 1.165) is 11.1 Å². The van der Waals surface area contributed by atoms with E-state index in [1.54, 1.807) is 24.3 Å². The van der Waals surface area contributed by atoms with Gasteiger partial charge >= 0.3 is 0 Å². The molecule has 0 aromatic heterocycles. The van der Waals surface area contributed by atoms with Gasteiger partial charge in [-0.3, -0.25) is 4.79 Å². The van der Waals surface area contributed by atoms with Crippen molar-refractivity contribution in [1.29, 1.82) is 0 Å². The van der Waals surface area contributed by atoms with Crippen molar-refractivity contribution in [1.82, 2.24) is 9.62 Å². The number of carbonyl (C=O) groups excluding carboxylic acids is 1. The SMILES string of the molecule is Cc1ccc(S(=O)(=O)N2CCC[C@H]2C(=O)N[C@H](C)c2ccccc2)cc1. The van der Waals surface area contributed by atoms with Crippen LogP contribution in [0.1, 0.15) is 36.9 Å². The number of sulfonamides is 1. The van der Waals surface area contributed by atoms with Crippen LogP contribution in [0.2, 0.25) is 0 Å². The minimum Gasteiger partial charge on any atom is -0.348 e. The zero-order valence-electron chi connectivity index (χ0n) is 15.1. The van der Waals surface area contributed by atoms with Crippen molar-refractivity contribution in [3.05, 3.63) is 65.7 Å². The summed E-state index contributed by atoms with van der Waals surface area (Å²) in [6.07, 6.45) is 1.22. The third-order valence-electron chi connectivity index (χ3n) is 4.79. The van der Waals surface area contributed by atoms with E-state index < -0.39 is 16.1 Å². The summed E-state index contributed by atoms with van der Waals surface area (Å²) in [7, 11) is -3.68. The van der Waals surface area contributed by atoms with Crippen molar-refractivity contribution in [2.24, 2.45) is 0 Å². The average molecular weight is 372 g/mol. The van der Waals surface area contributed by atoms with Crippen LogP contribution in [0.3, 0.4) is 0 Å². The Kier molecular flexibility index (Phi) is 5.44. The van der Waals surface area contributed by atoms with Gasteiger partial charge in [-0.15, -0.1) is 0 Å². The third kappa shape index (κ3) is 3.81. The first-order valence-electron chi connectivity index (χ1n) is 8.83. The van der Waals surface area contributed by atoms with Crippen LogP contribution in [0.15, 0.2) is 59.5 Å². The highest BCUT2D eigenvalue weighted by molar-refractivity contribution is 7.89. The van der Waals surface area contributed by atoms with E-state index >= 15 is 0 Å². The van der Waals surface area contributed by atoms with Gasteiger partial charge in [0.2, 0.25) is 15.9 Å². The van der Waals surface area contributed by atoms with E-state index in [1.165, 1.54) is 4.31 Å². The summed E-state index contributed by atoms with van der Waals surface area (Å²) in [6.45, 7) is 4.18. The first kappa shape index (κ1) is 18.6. The lowest BCUT2D eigenvalue weighted by Gasteiger charge is -2.25. The molecule has 6 heteroatoms. The van der Waals surface area contributed by atoms with Crippen molar-refractivity contribution in [3.8, 4) is 0 Å². The lowest BCUT2D eigenvalue weighted by molar-refractivity contribution is -0.124. The summed E-state index contributed by atoms with van der Waals surface area (Å²) in [5.41, 5.74) is 1.99. The first-order chi connectivity index (χ1) is 12.4. The second-order valence-electron chi connectivity index (χ2n) is 6.73. The summed E-state index contributed by atoms with van der Waals surface area (Å²) in [4.78, 5) is 13.0. The van der Waals surface area contributed by atoms with Crippen LogP contribution in [0.5, 0.6) is 0 Å². The molecule has 1 aliphatic rings. The van der Waals surface area contributed by atoms with E-state index in [2.05, 4.69) is 5.32 Å². The van der Waals surface area contributed by atoms with Gasteiger partial charge in [0.15, 0.2) is 0 Å². The fourth-order valence-electron chi connectivity index (χ4n) is 3.27. The number of nitrogens with zero attached hydrogens (tertiary/aromatic N) is 1. The van der Waals surface area contributed by atoms with Crippen molar-refractivity contribution >= 4 is 15.9 Å². The summed E-state index contributed by atoms with van der Waals surface area (Å²) < 4.78 is 27.3. The highest BCUT2D eigenvalue weighted by atomic mass is 32.2. The highest BCUT2D eigenvalue weighted by Gasteiger charge is 2.39. The van der Waals surface area contributed by atoms with Crippen LogP contribution in [0, 0.1) is 6.92 Å². The molecule has 1 aliphatic heterocycles. The molecule has 0 radical (unpaired) electrons. The molecule has 5 nitrogen and oxygen atoms in total. The Hall–Kier alpha value is -2.18. The van der Waals surface area contributed by atoms with Gasteiger partial charge in [-0.25, -0.2) is 8.42 Å². The molecule has 2 aromatic carbocycles. The molecule has 138 valence electrons. The summed E-state index contributed by atoms with van der Waals surface area (Å²) in [6, 6.07) is 15.6. The van der Waals surface area contributed by atoms with Gasteiger partial charge in [0, 0.05) is 6.54 Å². The van der Waals surface area contributed by atoms with E-state index in [0.29, 0.717) is 19.4 Å². The highest BCUT2D eigenvalue weighted by Crippen LogP contribution is 2.27. The molecule has 0 unspecified atom stereocenters. The fourth-order valence-corrected chi connectivity index (χ4v) is 4.93. The van der Waals surface area contributed by atoms with Gasteiger partial charge < -0.3 is 5.32 Å². The molecule has 2 aromatic rings. The maximum absolute atomic E-state index is 13.0. The molecule has 3 rings (SSSR count). The quantitative estimate of drug-likeness (QED) is 0.877. The Labute approximate surface area is 155 Å². The average Bonchev–Trinajstić information content (AvgIpc) is 3.13. The number of rotatable bonds is 5. The summed E-state index contributed by atoms with van der Waals surface area (Å²) in [5, 5.41) is 2.96. The second kappa shape index (κ2) is 7.60. The third-order valence-corrected chi connectivity index (χ3v) is 6.71. The second-order valence-corrected chi connectivity index (χ2v) is 8.62. The van der Waals surface area contributed by atoms with Crippen LogP contribution in [-0.2, 0) is 14.8 Å². The molecular weight excluding hydrogens is 348 g/mol. The number of carbonyl (C=O) groups is 1. The Morgan fingerprint density at radius 3 is 2.42 bits per heavy atom. The Balaban J connectivity index is 1.77. The number of aryl methyl sites for hydroxylation is 1. The molecule has 1 saturated heterocycles. The molecule has 0 spiro atoms. The van der Waals surface area contributed by atoms with Gasteiger partial charge in [-0.2, -0.15) is 4.31 Å². The molecule has 1 heterocycles. The predicted octanol–water partition coefficient (Wildman–Crippen LogP) is 3.03. The standard InChI is InChI=1S/C20H24N2O3S/c1-15-10-12-18(13-11-15)26(24,25)22-14-6-9-19(22)20(23)21-16(2)17-7-4-3-5-8-17/h3-5,7-8,10-13,16,19H,6,9,14H2,1-2H3,(H,21,23)/t16-,19+/m1/s1. The van der Waals surface area contributed by atoms with Crippen LogP contribution in [0.25, 0.3) is 0 Å². The summed E-state index contributed by atoms with van der Waals surface area (Å²) >= 11 is 0. The molecular formula is C20H24N2O3S. The zero-order chi connectivity index (χ0) is 18.7. The Bertz CT molecular complexity index is 864. The summed E-state index contributed by atoms with van der Waals surface area (Å²) in [5.74, 6) is -0.241. The zero-order valence-corrected chi connectivity index (χ0v) is 15.9. The number of amides is 1. The van der Waals surface area contributed by atoms with Crippen LogP contribution >= 0.6 is 0 Å².